The zero-order valence-electron chi connectivity index (χ0n) is 11.6. The topological polar surface area (TPSA) is 29.3 Å². The molecule has 1 aliphatic rings. The molecule has 96 valence electrons. The quantitative estimate of drug-likeness (QED) is 0.781. The maximum absolute atomic E-state index is 5.57. The Morgan fingerprint density at radius 3 is 2.38 bits per heavy atom. The molecule has 16 heavy (non-hydrogen) atoms. The molecule has 0 aromatic rings. The number of nitrogens with two attached hydrogens (primary N) is 1. The second kappa shape index (κ2) is 6.02. The minimum atomic E-state index is 0.581. The Bertz CT molecular complexity index is 191. The molecular weight excluding hydrogens is 196 g/mol. The molecule has 1 fully saturated rings. The van der Waals surface area contributed by atoms with Crippen LogP contribution < -0.4 is 5.73 Å². The van der Waals surface area contributed by atoms with Crippen molar-refractivity contribution in [3.05, 3.63) is 0 Å². The van der Waals surface area contributed by atoms with Gasteiger partial charge in [-0.25, -0.2) is 0 Å². The van der Waals surface area contributed by atoms with Crippen molar-refractivity contribution in [3.8, 4) is 0 Å². The van der Waals surface area contributed by atoms with E-state index in [2.05, 4.69) is 32.7 Å². The summed E-state index contributed by atoms with van der Waals surface area (Å²) in [6, 6.07) is 1.50. The Balaban J connectivity index is 2.34. The van der Waals surface area contributed by atoms with Crippen molar-refractivity contribution in [1.82, 2.24) is 4.90 Å². The van der Waals surface area contributed by atoms with Crippen molar-refractivity contribution >= 4 is 0 Å². The van der Waals surface area contributed by atoms with Gasteiger partial charge in [-0.3, -0.25) is 0 Å². The van der Waals surface area contributed by atoms with Gasteiger partial charge in [-0.2, -0.15) is 0 Å². The molecule has 0 bridgehead atoms. The van der Waals surface area contributed by atoms with E-state index < -0.39 is 0 Å². The molecule has 2 heteroatoms. The lowest BCUT2D eigenvalue weighted by Crippen LogP contribution is -2.42. The van der Waals surface area contributed by atoms with Crippen molar-refractivity contribution in [1.29, 1.82) is 0 Å². The van der Waals surface area contributed by atoms with Gasteiger partial charge in [-0.05, 0) is 64.5 Å². The predicted molar refractivity (Wildman–Crippen MR) is 71.6 cm³/mol. The third kappa shape index (κ3) is 4.06. The van der Waals surface area contributed by atoms with Gasteiger partial charge in [0, 0.05) is 12.1 Å². The minimum Gasteiger partial charge on any atom is -0.330 e. The van der Waals surface area contributed by atoms with E-state index in [0.29, 0.717) is 11.5 Å². The van der Waals surface area contributed by atoms with Gasteiger partial charge < -0.3 is 10.6 Å². The number of rotatable bonds is 5. The maximum Gasteiger partial charge on any atom is 0.00954 e. The Morgan fingerprint density at radius 2 is 1.88 bits per heavy atom. The monoisotopic (exact) mass is 226 g/mol. The third-order valence-corrected chi connectivity index (χ3v) is 4.41. The first-order valence-electron chi connectivity index (χ1n) is 6.88. The summed E-state index contributed by atoms with van der Waals surface area (Å²) in [6.07, 6.45) is 7.90. The fraction of sp³-hybridized carbons (Fsp3) is 1.00. The van der Waals surface area contributed by atoms with Crippen LogP contribution in [0.4, 0.5) is 0 Å². The molecule has 0 radical (unpaired) electrons. The van der Waals surface area contributed by atoms with E-state index in [1.54, 1.807) is 0 Å². The molecule has 1 atom stereocenters. The van der Waals surface area contributed by atoms with Gasteiger partial charge >= 0.3 is 0 Å². The summed E-state index contributed by atoms with van der Waals surface area (Å²) < 4.78 is 0. The van der Waals surface area contributed by atoms with Crippen LogP contribution in [0.3, 0.4) is 0 Å². The van der Waals surface area contributed by atoms with Crippen LogP contribution in [-0.2, 0) is 0 Å². The Morgan fingerprint density at radius 1 is 1.31 bits per heavy atom. The largest absolute Gasteiger partial charge is 0.330 e. The van der Waals surface area contributed by atoms with Gasteiger partial charge in [0.15, 0.2) is 0 Å². The highest BCUT2D eigenvalue weighted by atomic mass is 15.2. The molecule has 0 saturated heterocycles. The summed E-state index contributed by atoms with van der Waals surface area (Å²) in [6.45, 7) is 7.98. The standard InChI is InChI=1S/C14H30N2/c1-12(6-5-11-15)16(4)13-7-9-14(2,3)10-8-13/h12-13H,5-11,15H2,1-4H3. The lowest BCUT2D eigenvalue weighted by molar-refractivity contribution is 0.0964. The Kier molecular flexibility index (Phi) is 5.26. The third-order valence-electron chi connectivity index (χ3n) is 4.41. The molecule has 0 amide bonds. The molecule has 0 spiro atoms. The molecule has 0 aromatic heterocycles. The average molecular weight is 226 g/mol. The fourth-order valence-corrected chi connectivity index (χ4v) is 2.77. The van der Waals surface area contributed by atoms with Crippen molar-refractivity contribution in [2.75, 3.05) is 13.6 Å². The van der Waals surface area contributed by atoms with Crippen LogP contribution >= 0.6 is 0 Å². The summed E-state index contributed by atoms with van der Waals surface area (Å²) in [7, 11) is 2.30. The zero-order chi connectivity index (χ0) is 12.2. The van der Waals surface area contributed by atoms with Crippen molar-refractivity contribution in [3.63, 3.8) is 0 Å². The molecule has 2 nitrogen and oxygen atoms in total. The zero-order valence-corrected chi connectivity index (χ0v) is 11.6. The molecule has 0 aromatic carbocycles. The number of hydrogen-bond donors (Lipinski definition) is 1. The van der Waals surface area contributed by atoms with Gasteiger partial charge in [0.1, 0.15) is 0 Å². The van der Waals surface area contributed by atoms with Crippen LogP contribution in [0.25, 0.3) is 0 Å². The predicted octanol–water partition coefficient (Wildman–Crippen LogP) is 3.01. The molecule has 0 heterocycles. The lowest BCUT2D eigenvalue weighted by atomic mass is 9.75. The highest BCUT2D eigenvalue weighted by molar-refractivity contribution is 4.84. The van der Waals surface area contributed by atoms with Crippen LogP contribution in [0.1, 0.15) is 59.3 Å². The maximum atomic E-state index is 5.57. The molecule has 1 aliphatic carbocycles. The van der Waals surface area contributed by atoms with E-state index in [1.807, 2.05) is 0 Å². The minimum absolute atomic E-state index is 0.581. The molecule has 1 saturated carbocycles. The van der Waals surface area contributed by atoms with Crippen LogP contribution in [0, 0.1) is 5.41 Å². The highest BCUT2D eigenvalue weighted by Crippen LogP contribution is 2.37. The van der Waals surface area contributed by atoms with Crippen LogP contribution in [0.5, 0.6) is 0 Å². The summed E-state index contributed by atoms with van der Waals surface area (Å²) in [5, 5.41) is 0. The first-order chi connectivity index (χ1) is 7.46. The summed E-state index contributed by atoms with van der Waals surface area (Å²) >= 11 is 0. The highest BCUT2D eigenvalue weighted by Gasteiger charge is 2.29. The molecular formula is C14H30N2. The van der Waals surface area contributed by atoms with Crippen molar-refractivity contribution in [2.24, 2.45) is 11.1 Å². The number of hydrogen-bond acceptors (Lipinski definition) is 2. The van der Waals surface area contributed by atoms with Crippen LogP contribution in [0.15, 0.2) is 0 Å². The van der Waals surface area contributed by atoms with Gasteiger partial charge in [0.05, 0.1) is 0 Å². The van der Waals surface area contributed by atoms with E-state index in [0.717, 1.165) is 19.0 Å². The first kappa shape index (κ1) is 14.0. The van der Waals surface area contributed by atoms with Crippen molar-refractivity contribution in [2.45, 2.75) is 71.4 Å². The van der Waals surface area contributed by atoms with Gasteiger partial charge in [0.2, 0.25) is 0 Å². The van der Waals surface area contributed by atoms with E-state index in [-0.39, 0.29) is 0 Å². The number of nitrogens with zero attached hydrogens (tertiary/aromatic N) is 1. The molecule has 1 rings (SSSR count). The lowest BCUT2D eigenvalue weighted by Gasteiger charge is -2.41. The summed E-state index contributed by atoms with van der Waals surface area (Å²) in [5.74, 6) is 0. The Hall–Kier alpha value is -0.0800. The fourth-order valence-electron chi connectivity index (χ4n) is 2.77. The van der Waals surface area contributed by atoms with Crippen LogP contribution in [0.2, 0.25) is 0 Å². The van der Waals surface area contributed by atoms with E-state index in [1.165, 1.54) is 32.1 Å². The normalized spacial score (nSPS) is 23.6. The van der Waals surface area contributed by atoms with Crippen LogP contribution in [-0.4, -0.2) is 30.6 Å². The SMILES string of the molecule is CC(CCCN)N(C)C1CCC(C)(C)CC1. The van der Waals surface area contributed by atoms with E-state index in [9.17, 15) is 0 Å². The molecule has 1 unspecified atom stereocenters. The van der Waals surface area contributed by atoms with Gasteiger partial charge in [0.25, 0.3) is 0 Å². The second-order valence-electron chi connectivity index (χ2n) is 6.34. The molecule has 0 aliphatic heterocycles. The molecule has 2 N–H and O–H groups in total. The van der Waals surface area contributed by atoms with Crippen molar-refractivity contribution < 1.29 is 0 Å². The summed E-state index contributed by atoms with van der Waals surface area (Å²) in [5.41, 5.74) is 6.15. The van der Waals surface area contributed by atoms with Gasteiger partial charge in [-0.1, -0.05) is 13.8 Å². The van der Waals surface area contributed by atoms with E-state index in [4.69, 9.17) is 5.73 Å². The Labute approximate surface area is 102 Å². The first-order valence-corrected chi connectivity index (χ1v) is 6.88. The average Bonchev–Trinajstić information content (AvgIpc) is 2.25. The van der Waals surface area contributed by atoms with Gasteiger partial charge in [-0.15, -0.1) is 0 Å². The summed E-state index contributed by atoms with van der Waals surface area (Å²) in [4.78, 5) is 2.59. The van der Waals surface area contributed by atoms with E-state index >= 15 is 0 Å². The second-order valence-corrected chi connectivity index (χ2v) is 6.34. The smallest absolute Gasteiger partial charge is 0.00954 e.